The van der Waals surface area contributed by atoms with Crippen molar-refractivity contribution in [2.45, 2.75) is 13.0 Å². The van der Waals surface area contributed by atoms with E-state index in [1.165, 1.54) is 11.0 Å². The third-order valence-electron chi connectivity index (χ3n) is 6.09. The van der Waals surface area contributed by atoms with E-state index in [2.05, 4.69) is 32.8 Å². The molecule has 3 aromatic carbocycles. The second-order valence-electron chi connectivity index (χ2n) is 8.87. The zero-order valence-corrected chi connectivity index (χ0v) is 24.8. The summed E-state index contributed by atoms with van der Waals surface area (Å²) in [7, 11) is 0. The van der Waals surface area contributed by atoms with Gasteiger partial charge in [-0.25, -0.2) is 0 Å². The number of hydrogen-bond donors (Lipinski definition) is 1. The first kappa shape index (κ1) is 29.7. The number of carbonyl (C=O) groups is 3. The van der Waals surface area contributed by atoms with Crippen molar-refractivity contribution < 1.29 is 14.4 Å². The topological polar surface area (TPSA) is 78.8 Å². The number of nitrogens with one attached hydrogen (secondary N) is 1. The van der Waals surface area contributed by atoms with Crippen LogP contribution in [-0.4, -0.2) is 33.5 Å². The van der Waals surface area contributed by atoms with Crippen molar-refractivity contribution in [3.05, 3.63) is 148 Å². The van der Waals surface area contributed by atoms with Crippen LogP contribution < -0.4 is 5.32 Å². The minimum absolute atomic E-state index is 0.0556. The van der Waals surface area contributed by atoms with Crippen molar-refractivity contribution in [1.29, 1.82) is 0 Å². The van der Waals surface area contributed by atoms with Crippen LogP contribution in [0.1, 0.15) is 29.7 Å². The summed E-state index contributed by atoms with van der Waals surface area (Å²) in [6.07, 6.45) is 8.25. The Hall–Kier alpha value is -4.27. The predicted molar refractivity (Wildman–Crippen MR) is 170 cm³/mol. The molecule has 0 radical (unpaired) electrons. The maximum atomic E-state index is 13.7. The van der Waals surface area contributed by atoms with Crippen molar-refractivity contribution in [3.63, 3.8) is 0 Å². The van der Waals surface area contributed by atoms with Gasteiger partial charge in [0.15, 0.2) is 5.17 Å². The van der Waals surface area contributed by atoms with Crippen molar-refractivity contribution in [1.82, 2.24) is 10.2 Å². The van der Waals surface area contributed by atoms with Gasteiger partial charge in [0.2, 0.25) is 5.91 Å². The number of allylic oxidation sites excluding steroid dienone is 4. The van der Waals surface area contributed by atoms with Gasteiger partial charge in [0, 0.05) is 10.2 Å². The van der Waals surface area contributed by atoms with Crippen molar-refractivity contribution in [3.8, 4) is 0 Å². The second-order valence-corrected chi connectivity index (χ2v) is 10.7. The number of thioether (sulfide) groups is 1. The van der Waals surface area contributed by atoms with E-state index in [1.807, 2.05) is 72.8 Å². The molecular weight excluding hydrogens is 598 g/mol. The lowest BCUT2D eigenvalue weighted by Crippen LogP contribution is -2.42. The van der Waals surface area contributed by atoms with Gasteiger partial charge in [0.1, 0.15) is 5.57 Å². The van der Waals surface area contributed by atoms with E-state index >= 15 is 0 Å². The van der Waals surface area contributed by atoms with E-state index in [4.69, 9.17) is 0 Å². The van der Waals surface area contributed by atoms with Gasteiger partial charge < -0.3 is 5.32 Å². The van der Waals surface area contributed by atoms with Gasteiger partial charge in [-0.1, -0.05) is 125 Å². The fraction of sp³-hybridized carbons (Fsp3) is 0.0909. The van der Waals surface area contributed by atoms with Crippen molar-refractivity contribution in [2.75, 3.05) is 5.75 Å². The van der Waals surface area contributed by atoms with Crippen molar-refractivity contribution in [2.24, 2.45) is 4.99 Å². The first-order valence-electron chi connectivity index (χ1n) is 12.8. The maximum absolute atomic E-state index is 13.7. The first-order chi connectivity index (χ1) is 19.9. The zero-order valence-electron chi connectivity index (χ0n) is 22.4. The minimum atomic E-state index is -0.660. The number of benzene rings is 3. The molecule has 0 atom stereocenters. The maximum Gasteiger partial charge on any atom is 0.285 e. The molecule has 0 unspecified atom stereocenters. The lowest BCUT2D eigenvalue weighted by Gasteiger charge is -2.28. The molecule has 8 heteroatoms. The van der Waals surface area contributed by atoms with Gasteiger partial charge in [0.25, 0.3) is 11.8 Å². The zero-order chi connectivity index (χ0) is 29.2. The number of amidine groups is 1. The number of amides is 3. The van der Waals surface area contributed by atoms with Crippen LogP contribution in [0.15, 0.2) is 137 Å². The van der Waals surface area contributed by atoms with Crippen LogP contribution in [0.25, 0.3) is 6.08 Å². The van der Waals surface area contributed by atoms with Crippen LogP contribution in [0, 0.1) is 0 Å². The summed E-state index contributed by atoms with van der Waals surface area (Å²) in [6, 6.07) is 26.3. The highest BCUT2D eigenvalue weighted by Crippen LogP contribution is 2.27. The van der Waals surface area contributed by atoms with Gasteiger partial charge in [-0.3, -0.25) is 19.3 Å². The quantitative estimate of drug-likeness (QED) is 0.160. The molecule has 0 bridgehead atoms. The molecule has 0 saturated carbocycles. The second kappa shape index (κ2) is 14.4. The predicted octanol–water partition coefficient (Wildman–Crippen LogP) is 6.84. The number of aliphatic imine (C=N–C) groups is 1. The Morgan fingerprint density at radius 2 is 1.61 bits per heavy atom. The lowest BCUT2D eigenvalue weighted by molar-refractivity contribution is -0.126. The Labute approximate surface area is 252 Å². The molecule has 0 fully saturated rings. The summed E-state index contributed by atoms with van der Waals surface area (Å²) in [5.41, 5.74) is 3.00. The molecule has 1 aliphatic rings. The van der Waals surface area contributed by atoms with E-state index < -0.39 is 11.8 Å². The molecule has 1 N–H and O–H groups in total. The van der Waals surface area contributed by atoms with Crippen LogP contribution in [0.4, 0.5) is 0 Å². The highest BCUT2D eigenvalue weighted by atomic mass is 79.9. The van der Waals surface area contributed by atoms with Crippen LogP contribution >= 0.6 is 27.7 Å². The summed E-state index contributed by atoms with van der Waals surface area (Å²) in [5, 5.41) is 3.22. The van der Waals surface area contributed by atoms with Gasteiger partial charge in [-0.05, 0) is 47.9 Å². The molecule has 1 heterocycles. The highest BCUT2D eigenvalue weighted by molar-refractivity contribution is 9.10. The Balaban J connectivity index is 1.60. The molecule has 0 aliphatic carbocycles. The molecule has 0 aromatic heterocycles. The Kier molecular flexibility index (Phi) is 10.4. The molecule has 0 spiro atoms. The summed E-state index contributed by atoms with van der Waals surface area (Å²) in [4.78, 5) is 45.6. The molecule has 0 saturated heterocycles. The third kappa shape index (κ3) is 7.68. The van der Waals surface area contributed by atoms with Crippen LogP contribution in [0.2, 0.25) is 0 Å². The normalized spacial score (nSPS) is 15.0. The number of carbonyl (C=O) groups excluding carboxylic acids is 3. The fourth-order valence-electron chi connectivity index (χ4n) is 4.12. The Bertz CT molecular complexity index is 1510. The molecule has 206 valence electrons. The van der Waals surface area contributed by atoms with Crippen LogP contribution in [-0.2, 0) is 14.4 Å². The molecule has 41 heavy (non-hydrogen) atoms. The molecular formula is C33H28BrN3O3S. The molecule has 3 amide bonds. The highest BCUT2D eigenvalue weighted by Gasteiger charge is 2.35. The Morgan fingerprint density at radius 3 is 2.17 bits per heavy atom. The summed E-state index contributed by atoms with van der Waals surface area (Å²) in [6.45, 7) is 5.48. The van der Waals surface area contributed by atoms with E-state index in [-0.39, 0.29) is 28.4 Å². The first-order valence-corrected chi connectivity index (χ1v) is 14.6. The molecule has 6 nitrogen and oxygen atoms in total. The van der Waals surface area contributed by atoms with Crippen LogP contribution in [0.3, 0.4) is 0 Å². The SMILES string of the molecule is C=C/C=C\C(=C/C)N1C(=O)/C(=C/c2ccc(Br)cc2)C(=O)N=C1SCC(=O)NC(c1ccccc1)c1ccccc1. The lowest BCUT2D eigenvalue weighted by atomic mass is 9.99. The smallest absolute Gasteiger partial charge is 0.285 e. The van der Waals surface area contributed by atoms with E-state index in [0.29, 0.717) is 11.3 Å². The van der Waals surface area contributed by atoms with Gasteiger partial charge in [0.05, 0.1) is 11.8 Å². The van der Waals surface area contributed by atoms with Gasteiger partial charge in [-0.2, -0.15) is 4.99 Å². The number of nitrogens with zero attached hydrogens (tertiary/aromatic N) is 2. The number of rotatable bonds is 9. The Morgan fingerprint density at radius 1 is 1.00 bits per heavy atom. The van der Waals surface area contributed by atoms with Crippen molar-refractivity contribution >= 4 is 56.7 Å². The molecule has 3 aromatic rings. The number of hydrogen-bond acceptors (Lipinski definition) is 4. The van der Waals surface area contributed by atoms with Gasteiger partial charge >= 0.3 is 0 Å². The number of halogens is 1. The molecule has 4 rings (SSSR count). The average molecular weight is 627 g/mol. The minimum Gasteiger partial charge on any atom is -0.344 e. The van der Waals surface area contributed by atoms with E-state index in [0.717, 1.165) is 27.4 Å². The monoisotopic (exact) mass is 625 g/mol. The largest absolute Gasteiger partial charge is 0.344 e. The van der Waals surface area contributed by atoms with Crippen LogP contribution in [0.5, 0.6) is 0 Å². The summed E-state index contributed by atoms with van der Waals surface area (Å²) < 4.78 is 0.880. The summed E-state index contributed by atoms with van der Waals surface area (Å²) in [5.74, 6) is -1.51. The van der Waals surface area contributed by atoms with Gasteiger partial charge in [-0.15, -0.1) is 0 Å². The summed E-state index contributed by atoms with van der Waals surface area (Å²) >= 11 is 4.42. The van der Waals surface area contributed by atoms with E-state index in [9.17, 15) is 14.4 Å². The average Bonchev–Trinajstić information content (AvgIpc) is 3.00. The van der Waals surface area contributed by atoms with E-state index in [1.54, 1.807) is 43.4 Å². The molecule has 1 aliphatic heterocycles. The standard InChI is InChI=1S/C33H28BrN3O3S/c1-3-5-16-27(4-2)37-32(40)28(21-23-17-19-26(34)20-18-23)31(39)36-33(37)41-22-29(38)35-30(24-12-8-6-9-13-24)25-14-10-7-11-15-25/h3-21,30H,1,22H2,2H3,(H,35,38)/b16-5-,27-4+,28-21+. The third-order valence-corrected chi connectivity index (χ3v) is 7.56. The fourth-order valence-corrected chi connectivity index (χ4v) is 5.19.